The normalized spacial score (nSPS) is 18.6. The summed E-state index contributed by atoms with van der Waals surface area (Å²) in [6, 6.07) is 3.25. The van der Waals surface area contributed by atoms with E-state index in [1.54, 1.807) is 19.1 Å². The van der Waals surface area contributed by atoms with Crippen molar-refractivity contribution in [2.24, 2.45) is 5.92 Å². The first-order valence-corrected chi connectivity index (χ1v) is 9.77. The number of nitrogens with zero attached hydrogens (tertiary/aromatic N) is 1. The van der Waals surface area contributed by atoms with Gasteiger partial charge in [0.05, 0.1) is 16.5 Å². The zero-order chi connectivity index (χ0) is 17.3. The molecule has 0 radical (unpaired) electrons. The highest BCUT2D eigenvalue weighted by atomic mass is 35.5. The first-order chi connectivity index (χ1) is 11.4. The maximum absolute atomic E-state index is 12.4. The van der Waals surface area contributed by atoms with Crippen LogP contribution in [0.15, 0.2) is 12.1 Å². The van der Waals surface area contributed by atoms with Crippen LogP contribution in [0.1, 0.15) is 19.8 Å². The number of sulfonamides is 1. The van der Waals surface area contributed by atoms with E-state index >= 15 is 0 Å². The van der Waals surface area contributed by atoms with Gasteiger partial charge in [-0.15, -0.1) is 0 Å². The summed E-state index contributed by atoms with van der Waals surface area (Å²) in [5.41, 5.74) is 0.467. The summed E-state index contributed by atoms with van der Waals surface area (Å²) in [6.07, 6.45) is 0.987. The standard InChI is InChI=1S/C15H19ClN2O5S/c1-2-24(20,21)18-5-3-10(4-6-18)15(19)17-12-8-14-13(7-11(12)16)22-9-23-14/h7-8,10H,2-6,9H2,1H3,(H,17,19). The smallest absolute Gasteiger partial charge is 0.231 e. The lowest BCUT2D eigenvalue weighted by Crippen LogP contribution is -2.42. The third-order valence-electron chi connectivity index (χ3n) is 4.30. The number of halogens is 1. The van der Waals surface area contributed by atoms with Crippen LogP contribution in [0.5, 0.6) is 11.5 Å². The number of fused-ring (bicyclic) bond motifs is 1. The van der Waals surface area contributed by atoms with Crippen molar-refractivity contribution in [1.29, 1.82) is 0 Å². The molecule has 0 aliphatic carbocycles. The van der Waals surface area contributed by atoms with Gasteiger partial charge in [-0.2, -0.15) is 0 Å². The Morgan fingerprint density at radius 2 is 1.92 bits per heavy atom. The molecule has 1 fully saturated rings. The molecule has 0 aromatic heterocycles. The number of carbonyl (C=O) groups excluding carboxylic acids is 1. The van der Waals surface area contributed by atoms with E-state index in [0.717, 1.165) is 0 Å². The van der Waals surface area contributed by atoms with E-state index in [0.29, 0.717) is 48.1 Å². The molecule has 0 spiro atoms. The second-order valence-corrected chi connectivity index (χ2v) is 8.41. The third kappa shape index (κ3) is 3.45. The zero-order valence-electron chi connectivity index (χ0n) is 13.2. The Kier molecular flexibility index (Phi) is 4.89. The number of benzene rings is 1. The van der Waals surface area contributed by atoms with Crippen molar-refractivity contribution in [3.8, 4) is 11.5 Å². The fourth-order valence-corrected chi connectivity index (χ4v) is 4.16. The van der Waals surface area contributed by atoms with E-state index in [1.807, 2.05) is 0 Å². The predicted octanol–water partition coefficient (Wildman–Crippen LogP) is 2.07. The van der Waals surface area contributed by atoms with Crippen molar-refractivity contribution in [3.63, 3.8) is 0 Å². The monoisotopic (exact) mass is 374 g/mol. The second kappa shape index (κ2) is 6.78. The summed E-state index contributed by atoms with van der Waals surface area (Å²) in [5, 5.41) is 3.18. The molecule has 1 aromatic carbocycles. The molecule has 2 heterocycles. The Hall–Kier alpha value is -1.51. The Labute approximate surface area is 145 Å². The number of anilines is 1. The van der Waals surface area contributed by atoms with Crippen molar-refractivity contribution in [3.05, 3.63) is 17.2 Å². The van der Waals surface area contributed by atoms with Crippen LogP contribution in [-0.4, -0.2) is 44.3 Å². The highest BCUT2D eigenvalue weighted by Gasteiger charge is 2.30. The quantitative estimate of drug-likeness (QED) is 0.872. The molecule has 1 N–H and O–H groups in total. The molecule has 2 aliphatic rings. The lowest BCUT2D eigenvalue weighted by atomic mass is 9.97. The van der Waals surface area contributed by atoms with E-state index in [1.165, 1.54) is 4.31 Å². The van der Waals surface area contributed by atoms with Crippen LogP contribution in [-0.2, 0) is 14.8 Å². The number of rotatable bonds is 4. The lowest BCUT2D eigenvalue weighted by Gasteiger charge is -2.30. The lowest BCUT2D eigenvalue weighted by molar-refractivity contribution is -0.120. The number of nitrogens with one attached hydrogen (secondary N) is 1. The molecular weight excluding hydrogens is 356 g/mol. The number of ether oxygens (including phenoxy) is 2. The summed E-state index contributed by atoms with van der Waals surface area (Å²) in [6.45, 7) is 2.48. The van der Waals surface area contributed by atoms with Crippen LogP contribution < -0.4 is 14.8 Å². The average molecular weight is 375 g/mol. The Balaban J connectivity index is 1.63. The second-order valence-electron chi connectivity index (χ2n) is 5.75. The summed E-state index contributed by atoms with van der Waals surface area (Å²) in [7, 11) is -3.19. The number of hydrogen-bond donors (Lipinski definition) is 1. The van der Waals surface area contributed by atoms with Gasteiger partial charge in [0.25, 0.3) is 0 Å². The Morgan fingerprint density at radius 1 is 1.29 bits per heavy atom. The summed E-state index contributed by atoms with van der Waals surface area (Å²) in [4.78, 5) is 12.4. The first kappa shape index (κ1) is 17.3. The summed E-state index contributed by atoms with van der Waals surface area (Å²) >= 11 is 6.15. The average Bonchev–Trinajstić information content (AvgIpc) is 3.02. The molecule has 0 saturated carbocycles. The van der Waals surface area contributed by atoms with Crippen molar-refractivity contribution in [1.82, 2.24) is 4.31 Å². The fraction of sp³-hybridized carbons (Fsp3) is 0.533. The van der Waals surface area contributed by atoms with E-state index < -0.39 is 10.0 Å². The van der Waals surface area contributed by atoms with Gasteiger partial charge in [0, 0.05) is 31.1 Å². The van der Waals surface area contributed by atoms with Gasteiger partial charge >= 0.3 is 0 Å². The number of amides is 1. The maximum Gasteiger partial charge on any atom is 0.231 e. The van der Waals surface area contributed by atoms with Gasteiger partial charge in [-0.1, -0.05) is 11.6 Å². The van der Waals surface area contributed by atoms with Gasteiger partial charge in [-0.25, -0.2) is 12.7 Å². The minimum absolute atomic E-state index is 0.0800. The van der Waals surface area contributed by atoms with E-state index in [9.17, 15) is 13.2 Å². The van der Waals surface area contributed by atoms with Gasteiger partial charge in [-0.3, -0.25) is 4.79 Å². The predicted molar refractivity (Wildman–Crippen MR) is 90.0 cm³/mol. The fourth-order valence-electron chi connectivity index (χ4n) is 2.83. The topological polar surface area (TPSA) is 84.9 Å². The first-order valence-electron chi connectivity index (χ1n) is 7.78. The molecule has 1 aromatic rings. The SMILES string of the molecule is CCS(=O)(=O)N1CCC(C(=O)Nc2cc3c(cc2Cl)OCO3)CC1. The van der Waals surface area contributed by atoms with Crippen molar-refractivity contribution >= 4 is 33.2 Å². The van der Waals surface area contributed by atoms with Crippen LogP contribution in [0.3, 0.4) is 0 Å². The highest BCUT2D eigenvalue weighted by molar-refractivity contribution is 7.89. The van der Waals surface area contributed by atoms with Crippen molar-refractivity contribution < 1.29 is 22.7 Å². The molecule has 1 amide bonds. The third-order valence-corrected chi connectivity index (χ3v) is 6.50. The van der Waals surface area contributed by atoms with Crippen LogP contribution >= 0.6 is 11.6 Å². The van der Waals surface area contributed by atoms with Gasteiger partial charge in [0.2, 0.25) is 22.7 Å². The number of carbonyl (C=O) groups is 1. The van der Waals surface area contributed by atoms with Gasteiger partial charge in [-0.05, 0) is 19.8 Å². The largest absolute Gasteiger partial charge is 0.454 e. The summed E-state index contributed by atoms with van der Waals surface area (Å²) < 4.78 is 35.7. The molecule has 0 atom stereocenters. The van der Waals surface area contributed by atoms with Gasteiger partial charge in [0.1, 0.15) is 0 Å². The summed E-state index contributed by atoms with van der Waals surface area (Å²) in [5.74, 6) is 0.769. The zero-order valence-corrected chi connectivity index (χ0v) is 14.8. The van der Waals surface area contributed by atoms with E-state index in [-0.39, 0.29) is 24.4 Å². The Bertz CT molecular complexity index is 744. The van der Waals surface area contributed by atoms with Gasteiger partial charge < -0.3 is 14.8 Å². The van der Waals surface area contributed by atoms with E-state index in [2.05, 4.69) is 5.32 Å². The number of hydrogen-bond acceptors (Lipinski definition) is 5. The minimum Gasteiger partial charge on any atom is -0.454 e. The van der Waals surface area contributed by atoms with Crippen LogP contribution in [0.2, 0.25) is 5.02 Å². The van der Waals surface area contributed by atoms with Gasteiger partial charge in [0.15, 0.2) is 11.5 Å². The molecule has 0 unspecified atom stereocenters. The minimum atomic E-state index is -3.19. The molecule has 3 rings (SSSR count). The highest BCUT2D eigenvalue weighted by Crippen LogP contribution is 2.39. The van der Waals surface area contributed by atoms with Crippen molar-refractivity contribution in [2.75, 3.05) is 31.0 Å². The van der Waals surface area contributed by atoms with Crippen LogP contribution in [0, 0.1) is 5.92 Å². The van der Waals surface area contributed by atoms with Crippen LogP contribution in [0.4, 0.5) is 5.69 Å². The Morgan fingerprint density at radius 3 is 2.54 bits per heavy atom. The molecule has 1 saturated heterocycles. The molecule has 9 heteroatoms. The maximum atomic E-state index is 12.4. The van der Waals surface area contributed by atoms with E-state index in [4.69, 9.17) is 21.1 Å². The number of piperidine rings is 1. The molecule has 24 heavy (non-hydrogen) atoms. The molecular formula is C15H19ClN2O5S. The molecule has 132 valence electrons. The van der Waals surface area contributed by atoms with Crippen LogP contribution in [0.25, 0.3) is 0 Å². The molecule has 2 aliphatic heterocycles. The van der Waals surface area contributed by atoms with Crippen molar-refractivity contribution in [2.45, 2.75) is 19.8 Å². The molecule has 7 nitrogen and oxygen atoms in total. The molecule has 0 bridgehead atoms.